The first-order valence-electron chi connectivity index (χ1n) is 11.4. The molecule has 0 radical (unpaired) electrons. The van der Waals surface area contributed by atoms with E-state index in [1.54, 1.807) is 0 Å². The van der Waals surface area contributed by atoms with E-state index >= 15 is 0 Å². The van der Waals surface area contributed by atoms with Gasteiger partial charge in [-0.05, 0) is 58.7 Å². The minimum absolute atomic E-state index is 0.390. The van der Waals surface area contributed by atoms with E-state index in [1.807, 2.05) is 24.4 Å². The highest BCUT2D eigenvalue weighted by Crippen LogP contribution is 2.34. The highest BCUT2D eigenvalue weighted by molar-refractivity contribution is 5.73. The molecule has 0 unspecified atom stereocenters. The van der Waals surface area contributed by atoms with Gasteiger partial charge in [0.05, 0.1) is 5.69 Å². The van der Waals surface area contributed by atoms with E-state index in [1.165, 1.54) is 41.5 Å². The predicted octanol–water partition coefficient (Wildman–Crippen LogP) is 8.13. The van der Waals surface area contributed by atoms with Crippen molar-refractivity contribution in [1.82, 2.24) is 4.98 Å². The summed E-state index contributed by atoms with van der Waals surface area (Å²) >= 11 is 0. The van der Waals surface area contributed by atoms with Crippen molar-refractivity contribution in [3.63, 3.8) is 0 Å². The molecule has 148 valence electrons. The quantitative estimate of drug-likeness (QED) is 0.343. The van der Waals surface area contributed by atoms with Gasteiger partial charge in [0.1, 0.15) is 0 Å². The molecule has 1 saturated carbocycles. The summed E-state index contributed by atoms with van der Waals surface area (Å²) < 4.78 is 8.83. The Kier molecular flexibility index (Phi) is 5.10. The molecule has 0 aliphatic heterocycles. The van der Waals surface area contributed by atoms with Crippen molar-refractivity contribution in [1.29, 1.82) is 0 Å². The number of rotatable bonds is 4. The third-order valence-corrected chi connectivity index (χ3v) is 6.13. The summed E-state index contributed by atoms with van der Waals surface area (Å²) in [5, 5.41) is 0. The zero-order valence-electron chi connectivity index (χ0n) is 18.2. The Hall–Kier alpha value is -3.19. The highest BCUT2D eigenvalue weighted by Gasteiger charge is 2.15. The lowest BCUT2D eigenvalue weighted by atomic mass is 9.83. The van der Waals surface area contributed by atoms with E-state index in [0.717, 1.165) is 29.7 Å². The molecule has 5 rings (SSSR count). The van der Waals surface area contributed by atoms with E-state index in [9.17, 15) is 0 Å². The van der Waals surface area contributed by atoms with Crippen LogP contribution >= 0.6 is 0 Å². The summed E-state index contributed by atoms with van der Waals surface area (Å²) in [5.41, 5.74) is 8.05. The van der Waals surface area contributed by atoms with Crippen LogP contribution < -0.4 is 0 Å². The molecule has 0 amide bonds. The lowest BCUT2D eigenvalue weighted by molar-refractivity contribution is 0.443. The van der Waals surface area contributed by atoms with Crippen molar-refractivity contribution in [2.45, 2.75) is 38.0 Å². The van der Waals surface area contributed by atoms with Crippen molar-refractivity contribution in [2.75, 3.05) is 0 Å². The molecule has 1 nitrogen and oxygen atoms in total. The summed E-state index contributed by atoms with van der Waals surface area (Å²) in [6, 6.07) is 31.9. The van der Waals surface area contributed by atoms with E-state index in [-0.39, 0.29) is 0 Å². The largest absolute Gasteiger partial charge is 0.256 e. The van der Waals surface area contributed by atoms with Crippen molar-refractivity contribution in [3.8, 4) is 33.5 Å². The SMILES string of the molecule is [2H]C1(c2ccc(-c3ccc(-c4ccnc(-c5ccccc5)c4)cc3)cc2)CCCCC1. The number of benzene rings is 3. The molecule has 4 aromatic rings. The second kappa shape index (κ2) is 8.67. The Morgan fingerprint density at radius 1 is 0.600 bits per heavy atom. The lowest BCUT2D eigenvalue weighted by Crippen LogP contribution is -2.04. The van der Waals surface area contributed by atoms with Crippen LogP contribution in [0.5, 0.6) is 0 Å². The van der Waals surface area contributed by atoms with Gasteiger partial charge in [-0.2, -0.15) is 0 Å². The number of nitrogens with zero attached hydrogens (tertiary/aromatic N) is 1. The van der Waals surface area contributed by atoms with Gasteiger partial charge in [-0.1, -0.05) is 98.1 Å². The molecule has 0 saturated heterocycles. The Morgan fingerprint density at radius 2 is 1.20 bits per heavy atom. The first-order chi connectivity index (χ1) is 15.2. The van der Waals surface area contributed by atoms with Crippen LogP contribution in [0.25, 0.3) is 33.5 Å². The molecule has 3 aromatic carbocycles. The fourth-order valence-electron chi connectivity index (χ4n) is 4.40. The van der Waals surface area contributed by atoms with Crippen LogP contribution in [-0.4, -0.2) is 4.98 Å². The molecule has 0 bridgehead atoms. The van der Waals surface area contributed by atoms with E-state index in [2.05, 4.69) is 77.8 Å². The van der Waals surface area contributed by atoms with E-state index in [0.29, 0.717) is 0 Å². The minimum atomic E-state index is -0.390. The molecule has 0 spiro atoms. The van der Waals surface area contributed by atoms with Gasteiger partial charge in [0.15, 0.2) is 0 Å². The summed E-state index contributed by atoms with van der Waals surface area (Å²) in [4.78, 5) is 4.54. The van der Waals surface area contributed by atoms with Crippen LogP contribution in [0.3, 0.4) is 0 Å². The van der Waals surface area contributed by atoms with Gasteiger partial charge in [-0.15, -0.1) is 0 Å². The smallest absolute Gasteiger partial charge is 0.0708 e. The predicted molar refractivity (Wildman–Crippen MR) is 126 cm³/mol. The summed E-state index contributed by atoms with van der Waals surface area (Å²) in [7, 11) is 0. The molecule has 1 fully saturated rings. The molecular weight excluding hydrogens is 362 g/mol. The maximum Gasteiger partial charge on any atom is 0.0708 e. The van der Waals surface area contributed by atoms with Gasteiger partial charge in [0.25, 0.3) is 0 Å². The summed E-state index contributed by atoms with van der Waals surface area (Å²) in [6.07, 6.45) is 7.47. The molecule has 1 aliphatic carbocycles. The first-order valence-corrected chi connectivity index (χ1v) is 10.9. The molecule has 1 heteroatoms. The van der Waals surface area contributed by atoms with E-state index < -0.39 is 5.89 Å². The van der Waals surface area contributed by atoms with Crippen molar-refractivity contribution >= 4 is 0 Å². The number of hydrogen-bond acceptors (Lipinski definition) is 1. The fourth-order valence-corrected chi connectivity index (χ4v) is 4.40. The average molecular weight is 391 g/mol. The van der Waals surface area contributed by atoms with Gasteiger partial charge in [0, 0.05) is 13.1 Å². The molecule has 1 aliphatic rings. The van der Waals surface area contributed by atoms with Gasteiger partial charge >= 0.3 is 0 Å². The third-order valence-electron chi connectivity index (χ3n) is 6.13. The Morgan fingerprint density at radius 3 is 1.87 bits per heavy atom. The first kappa shape index (κ1) is 17.7. The second-order valence-electron chi connectivity index (χ2n) is 8.11. The van der Waals surface area contributed by atoms with Gasteiger partial charge in [0.2, 0.25) is 0 Å². The fraction of sp³-hybridized carbons (Fsp3) is 0.207. The minimum Gasteiger partial charge on any atom is -0.256 e. The van der Waals surface area contributed by atoms with Gasteiger partial charge in [-0.3, -0.25) is 4.98 Å². The topological polar surface area (TPSA) is 12.9 Å². The van der Waals surface area contributed by atoms with E-state index in [4.69, 9.17) is 1.37 Å². The number of pyridine rings is 1. The maximum atomic E-state index is 8.83. The molecule has 1 aromatic heterocycles. The van der Waals surface area contributed by atoms with Crippen LogP contribution in [-0.2, 0) is 0 Å². The Bertz CT molecular complexity index is 1140. The van der Waals surface area contributed by atoms with Crippen molar-refractivity contribution in [2.24, 2.45) is 0 Å². The number of aromatic nitrogens is 1. The Balaban J connectivity index is 1.37. The van der Waals surface area contributed by atoms with Crippen molar-refractivity contribution < 1.29 is 1.37 Å². The van der Waals surface area contributed by atoms with Crippen LogP contribution in [0.2, 0.25) is 0 Å². The van der Waals surface area contributed by atoms with Gasteiger partial charge < -0.3 is 0 Å². The Labute approximate surface area is 180 Å². The third kappa shape index (κ3) is 4.07. The molecule has 0 N–H and O–H groups in total. The summed E-state index contributed by atoms with van der Waals surface area (Å²) in [6.45, 7) is 0. The average Bonchev–Trinajstić information content (AvgIpc) is 2.85. The molecule has 0 atom stereocenters. The summed E-state index contributed by atoms with van der Waals surface area (Å²) in [5.74, 6) is -0.390. The van der Waals surface area contributed by atoms with Crippen LogP contribution in [0, 0.1) is 0 Å². The van der Waals surface area contributed by atoms with Crippen LogP contribution in [0.15, 0.2) is 97.2 Å². The molecule has 1 heterocycles. The van der Waals surface area contributed by atoms with Gasteiger partial charge in [-0.25, -0.2) is 0 Å². The maximum absolute atomic E-state index is 8.83. The monoisotopic (exact) mass is 390 g/mol. The lowest BCUT2D eigenvalue weighted by Gasteiger charge is -2.22. The highest BCUT2D eigenvalue weighted by atomic mass is 14.7. The van der Waals surface area contributed by atoms with Crippen molar-refractivity contribution in [3.05, 3.63) is 103 Å². The second-order valence-corrected chi connectivity index (χ2v) is 8.11. The normalized spacial score (nSPS) is 16.1. The zero-order valence-corrected chi connectivity index (χ0v) is 17.2. The zero-order chi connectivity index (χ0) is 21.1. The molecule has 30 heavy (non-hydrogen) atoms. The van der Waals surface area contributed by atoms with Crippen LogP contribution in [0.1, 0.15) is 44.9 Å². The molecular formula is C29H27N. The number of hydrogen-bond donors (Lipinski definition) is 0. The standard InChI is InChI=1S/C29H27N/c1-3-7-22(8-4-1)23-11-13-24(14-12-23)25-15-17-26(18-16-25)28-19-20-30-29(21-28)27-9-5-2-6-10-27/h2,5-6,9-22H,1,3-4,7-8H2/i22D. The van der Waals surface area contributed by atoms with Crippen LogP contribution in [0.4, 0.5) is 0 Å².